The van der Waals surface area contributed by atoms with Gasteiger partial charge in [0.15, 0.2) is 12.4 Å². The average Bonchev–Trinajstić information content (AvgIpc) is 2.90. The van der Waals surface area contributed by atoms with Crippen LogP contribution in [0.3, 0.4) is 0 Å². The van der Waals surface area contributed by atoms with E-state index in [9.17, 15) is 19.2 Å². The van der Waals surface area contributed by atoms with Crippen molar-refractivity contribution in [1.29, 1.82) is 0 Å². The van der Waals surface area contributed by atoms with Crippen molar-refractivity contribution >= 4 is 28.6 Å². The van der Waals surface area contributed by atoms with Crippen LogP contribution in [0.4, 0.5) is 0 Å². The predicted octanol–water partition coefficient (Wildman–Crippen LogP) is 3.18. The first kappa shape index (κ1) is 24.2. The topological polar surface area (TPSA) is 124 Å². The summed E-state index contributed by atoms with van der Waals surface area (Å²) >= 11 is 0. The zero-order valence-corrected chi connectivity index (χ0v) is 19.5. The summed E-state index contributed by atoms with van der Waals surface area (Å²) in [5, 5.41) is 0.571. The molecule has 0 aliphatic carbocycles. The lowest BCUT2D eigenvalue weighted by Crippen LogP contribution is -2.45. The van der Waals surface area contributed by atoms with Gasteiger partial charge in [-0.25, -0.2) is 4.79 Å². The number of hydrogen-bond donors (Lipinski definition) is 2. The van der Waals surface area contributed by atoms with E-state index in [1.54, 1.807) is 80.8 Å². The monoisotopic (exact) mass is 486 g/mol. The van der Waals surface area contributed by atoms with Gasteiger partial charge in [0.2, 0.25) is 0 Å². The van der Waals surface area contributed by atoms with E-state index in [4.69, 9.17) is 13.9 Å². The summed E-state index contributed by atoms with van der Waals surface area (Å²) in [7, 11) is 1.55. The van der Waals surface area contributed by atoms with Crippen LogP contribution in [0.15, 0.2) is 82.0 Å². The number of ketones is 1. The Morgan fingerprint density at radius 3 is 2.33 bits per heavy atom. The third-order valence-electron chi connectivity index (χ3n) is 5.35. The van der Waals surface area contributed by atoms with Crippen molar-refractivity contribution in [1.82, 2.24) is 10.9 Å². The van der Waals surface area contributed by atoms with E-state index in [0.717, 1.165) is 0 Å². The minimum absolute atomic E-state index is 0.161. The molecule has 0 atom stereocenters. The molecule has 9 nitrogen and oxygen atoms in total. The average molecular weight is 486 g/mol. The van der Waals surface area contributed by atoms with Crippen LogP contribution in [0, 0.1) is 6.92 Å². The first-order valence-corrected chi connectivity index (χ1v) is 10.9. The van der Waals surface area contributed by atoms with Gasteiger partial charge < -0.3 is 13.9 Å². The second kappa shape index (κ2) is 10.6. The largest absolute Gasteiger partial charge is 0.497 e. The Morgan fingerprint density at radius 2 is 1.61 bits per heavy atom. The first-order valence-electron chi connectivity index (χ1n) is 10.9. The highest BCUT2D eigenvalue weighted by molar-refractivity contribution is 6.09. The highest BCUT2D eigenvalue weighted by Crippen LogP contribution is 2.22. The maximum atomic E-state index is 12.7. The molecule has 3 aromatic carbocycles. The maximum Gasteiger partial charge on any atom is 0.349 e. The molecule has 2 amide bonds. The molecule has 0 radical (unpaired) electrons. The molecule has 0 spiro atoms. The molecule has 0 saturated carbocycles. The number of para-hydroxylation sites is 1. The molecule has 1 heterocycles. The minimum atomic E-state index is -0.823. The molecule has 0 bridgehead atoms. The molecule has 0 aliphatic heterocycles. The van der Waals surface area contributed by atoms with Crippen LogP contribution in [0.25, 0.3) is 11.0 Å². The molecule has 9 heteroatoms. The van der Waals surface area contributed by atoms with Gasteiger partial charge in [0.05, 0.1) is 7.11 Å². The van der Waals surface area contributed by atoms with E-state index in [2.05, 4.69) is 10.9 Å². The molecule has 182 valence electrons. The van der Waals surface area contributed by atoms with Crippen LogP contribution in [0.5, 0.6) is 11.5 Å². The van der Waals surface area contributed by atoms with Gasteiger partial charge in [-0.05, 0) is 67.1 Å². The Bertz CT molecular complexity index is 1510. The second-order valence-electron chi connectivity index (χ2n) is 7.81. The number of methoxy groups -OCH3 is 1. The van der Waals surface area contributed by atoms with Gasteiger partial charge in [0, 0.05) is 16.5 Å². The molecule has 2 N–H and O–H groups in total. The highest BCUT2D eigenvalue weighted by atomic mass is 16.5. The van der Waals surface area contributed by atoms with Gasteiger partial charge in [-0.15, -0.1) is 0 Å². The predicted molar refractivity (Wildman–Crippen MR) is 131 cm³/mol. The van der Waals surface area contributed by atoms with Crippen molar-refractivity contribution in [3.05, 3.63) is 105 Å². The highest BCUT2D eigenvalue weighted by Gasteiger charge is 2.15. The Balaban J connectivity index is 1.33. The van der Waals surface area contributed by atoms with Gasteiger partial charge in [-0.3, -0.25) is 25.2 Å². The number of aryl methyl sites for hydroxylation is 1. The standard InChI is InChI=1S/C27H22N2O7/c1-16-13-19(25(31)17-7-10-20(34-2)11-8-17)9-12-22(16)35-15-24(30)28-29-26(32)21-14-18-5-3-4-6-23(18)36-27(21)33/h3-14H,15H2,1-2H3,(H,28,30)(H,29,32). The van der Waals surface area contributed by atoms with Crippen LogP contribution in [0.1, 0.15) is 31.8 Å². The van der Waals surface area contributed by atoms with E-state index in [1.165, 1.54) is 6.07 Å². The summed E-state index contributed by atoms with van der Waals surface area (Å²) in [5.41, 5.74) is 5.29. The van der Waals surface area contributed by atoms with Crippen molar-refractivity contribution in [2.45, 2.75) is 6.92 Å². The van der Waals surface area contributed by atoms with E-state index < -0.39 is 24.0 Å². The van der Waals surface area contributed by atoms with Crippen molar-refractivity contribution in [2.75, 3.05) is 13.7 Å². The summed E-state index contributed by atoms with van der Waals surface area (Å²) < 4.78 is 15.7. The van der Waals surface area contributed by atoms with Crippen LogP contribution < -0.4 is 26.0 Å². The molecular formula is C27H22N2O7. The number of ether oxygens (including phenoxy) is 2. The van der Waals surface area contributed by atoms with Crippen molar-refractivity contribution in [3.8, 4) is 11.5 Å². The van der Waals surface area contributed by atoms with Crippen molar-refractivity contribution < 1.29 is 28.3 Å². The van der Waals surface area contributed by atoms with Gasteiger partial charge >= 0.3 is 5.63 Å². The molecule has 1 aromatic heterocycles. The van der Waals surface area contributed by atoms with E-state index in [1.807, 2.05) is 0 Å². The number of carbonyl (C=O) groups excluding carboxylic acids is 3. The number of amides is 2. The summed E-state index contributed by atoms with van der Waals surface area (Å²) in [5.74, 6) is -0.572. The molecule has 0 fully saturated rings. The quantitative estimate of drug-likeness (QED) is 0.234. The zero-order chi connectivity index (χ0) is 25.7. The number of fused-ring (bicyclic) bond motifs is 1. The SMILES string of the molecule is COc1ccc(C(=O)c2ccc(OCC(=O)NNC(=O)c3cc4ccccc4oc3=O)c(C)c2)cc1. The third-order valence-corrected chi connectivity index (χ3v) is 5.35. The maximum absolute atomic E-state index is 12.7. The number of hydrazine groups is 1. The fourth-order valence-electron chi connectivity index (χ4n) is 3.46. The van der Waals surface area contributed by atoms with E-state index in [0.29, 0.717) is 39.2 Å². The van der Waals surface area contributed by atoms with Crippen LogP contribution in [0.2, 0.25) is 0 Å². The first-order chi connectivity index (χ1) is 17.4. The smallest absolute Gasteiger partial charge is 0.349 e. The van der Waals surface area contributed by atoms with Gasteiger partial charge in [0.1, 0.15) is 22.6 Å². The Kier molecular flexibility index (Phi) is 7.10. The summed E-state index contributed by atoms with van der Waals surface area (Å²) in [6.45, 7) is 1.35. The Morgan fingerprint density at radius 1 is 0.889 bits per heavy atom. The lowest BCUT2D eigenvalue weighted by atomic mass is 10.0. The van der Waals surface area contributed by atoms with Crippen molar-refractivity contribution in [2.24, 2.45) is 0 Å². The summed E-state index contributed by atoms with van der Waals surface area (Å²) in [6, 6.07) is 19.8. The molecule has 0 aliphatic rings. The zero-order valence-electron chi connectivity index (χ0n) is 19.5. The number of nitrogens with one attached hydrogen (secondary N) is 2. The number of hydrogen-bond acceptors (Lipinski definition) is 7. The summed E-state index contributed by atoms with van der Waals surface area (Å²) in [4.78, 5) is 49.3. The molecule has 0 unspecified atom stereocenters. The van der Waals surface area contributed by atoms with Crippen molar-refractivity contribution in [3.63, 3.8) is 0 Å². The molecule has 4 aromatic rings. The molecule has 4 rings (SSSR count). The van der Waals surface area contributed by atoms with Gasteiger partial charge in [-0.1, -0.05) is 18.2 Å². The Hall–Kier alpha value is -4.92. The summed E-state index contributed by atoms with van der Waals surface area (Å²) in [6.07, 6.45) is 0. The lowest BCUT2D eigenvalue weighted by Gasteiger charge is -2.11. The van der Waals surface area contributed by atoms with Crippen LogP contribution >= 0.6 is 0 Å². The fraction of sp³-hybridized carbons (Fsp3) is 0.111. The van der Waals surface area contributed by atoms with Gasteiger partial charge in [0.25, 0.3) is 11.8 Å². The van der Waals surface area contributed by atoms with Crippen LogP contribution in [-0.2, 0) is 4.79 Å². The molecule has 36 heavy (non-hydrogen) atoms. The van der Waals surface area contributed by atoms with Gasteiger partial charge in [-0.2, -0.15) is 0 Å². The Labute approximate surface area is 205 Å². The van der Waals surface area contributed by atoms with E-state index in [-0.39, 0.29) is 11.3 Å². The number of benzene rings is 3. The number of carbonyl (C=O) groups is 3. The molecular weight excluding hydrogens is 464 g/mol. The minimum Gasteiger partial charge on any atom is -0.497 e. The third kappa shape index (κ3) is 5.41. The lowest BCUT2D eigenvalue weighted by molar-refractivity contribution is -0.123. The molecule has 0 saturated heterocycles. The van der Waals surface area contributed by atoms with Crippen LogP contribution in [-0.4, -0.2) is 31.3 Å². The number of rotatable bonds is 7. The normalized spacial score (nSPS) is 10.5. The second-order valence-corrected chi connectivity index (χ2v) is 7.81. The fourth-order valence-corrected chi connectivity index (χ4v) is 3.46. The van der Waals surface area contributed by atoms with E-state index >= 15 is 0 Å².